The monoisotopic (exact) mass is 394 g/mol. The molecule has 3 aromatic rings. The van der Waals surface area contributed by atoms with Crippen LogP contribution in [0.25, 0.3) is 11.1 Å². The molecule has 138 valence electrons. The predicted molar refractivity (Wildman–Crippen MR) is 115 cm³/mol. The molecule has 1 aliphatic carbocycles. The third-order valence-electron chi connectivity index (χ3n) is 5.35. The van der Waals surface area contributed by atoms with Gasteiger partial charge in [-0.3, -0.25) is 0 Å². The van der Waals surface area contributed by atoms with Crippen LogP contribution in [0.3, 0.4) is 0 Å². The molecular formula is C24H23ClOS. The molecular weight excluding hydrogens is 372 g/mol. The average Bonchev–Trinajstić information content (AvgIpc) is 3.17. The number of aliphatic hydroxyl groups excluding tert-OH is 1. The number of halogens is 1. The SMILES string of the molecule is OC(c1ccc(-c2ccc(Cl)cc2)cc1)[C@@H]1CC[C@@H](Sc2ccccc2)C1. The maximum atomic E-state index is 10.9. The lowest BCUT2D eigenvalue weighted by Gasteiger charge is -2.19. The standard InChI is InChI=1S/C24H23ClOS/c25-21-13-10-18(11-14-21)17-6-8-19(9-7-17)24(26)20-12-15-23(16-20)27-22-4-2-1-3-5-22/h1-11,13-14,20,23-24,26H,12,15-16H2/t20-,23-,24?/m1/s1. The molecule has 3 heteroatoms. The molecule has 4 rings (SSSR count). The van der Waals surface area contributed by atoms with Crippen molar-refractivity contribution in [2.45, 2.75) is 35.5 Å². The van der Waals surface area contributed by atoms with Crippen molar-refractivity contribution >= 4 is 23.4 Å². The van der Waals surface area contributed by atoms with E-state index in [-0.39, 0.29) is 6.10 Å². The summed E-state index contributed by atoms with van der Waals surface area (Å²) in [5.41, 5.74) is 3.30. The van der Waals surface area contributed by atoms with E-state index in [1.54, 1.807) is 0 Å². The number of benzene rings is 3. The lowest BCUT2D eigenvalue weighted by molar-refractivity contribution is 0.112. The highest BCUT2D eigenvalue weighted by Gasteiger charge is 2.31. The molecule has 3 atom stereocenters. The smallest absolute Gasteiger partial charge is 0.0818 e. The molecule has 3 aromatic carbocycles. The molecule has 1 aliphatic rings. The van der Waals surface area contributed by atoms with Crippen molar-refractivity contribution in [3.63, 3.8) is 0 Å². The quantitative estimate of drug-likeness (QED) is 0.502. The summed E-state index contributed by atoms with van der Waals surface area (Å²) in [5.74, 6) is 0.340. The zero-order chi connectivity index (χ0) is 18.6. The van der Waals surface area contributed by atoms with E-state index in [0.717, 1.165) is 34.6 Å². The van der Waals surface area contributed by atoms with Crippen LogP contribution in [-0.2, 0) is 0 Å². The van der Waals surface area contributed by atoms with Crippen LogP contribution >= 0.6 is 23.4 Å². The Morgan fingerprint density at radius 3 is 2.11 bits per heavy atom. The maximum Gasteiger partial charge on any atom is 0.0818 e. The van der Waals surface area contributed by atoms with E-state index in [1.807, 2.05) is 36.0 Å². The second kappa shape index (κ2) is 8.52. The lowest BCUT2D eigenvalue weighted by Crippen LogP contribution is -2.10. The van der Waals surface area contributed by atoms with E-state index in [4.69, 9.17) is 11.6 Å². The zero-order valence-corrected chi connectivity index (χ0v) is 16.7. The third-order valence-corrected chi connectivity index (χ3v) is 6.91. The topological polar surface area (TPSA) is 20.2 Å². The number of rotatable bonds is 5. The van der Waals surface area contributed by atoms with Crippen molar-refractivity contribution in [3.8, 4) is 11.1 Å². The molecule has 27 heavy (non-hydrogen) atoms. The van der Waals surface area contributed by atoms with Crippen molar-refractivity contribution in [2.75, 3.05) is 0 Å². The summed E-state index contributed by atoms with van der Waals surface area (Å²) in [6, 6.07) is 26.7. The number of hydrogen-bond acceptors (Lipinski definition) is 2. The molecule has 1 N–H and O–H groups in total. The van der Waals surface area contributed by atoms with Crippen LogP contribution in [0, 0.1) is 5.92 Å². The van der Waals surface area contributed by atoms with Gasteiger partial charge >= 0.3 is 0 Å². The molecule has 0 aliphatic heterocycles. The van der Waals surface area contributed by atoms with Gasteiger partial charge < -0.3 is 5.11 Å². The van der Waals surface area contributed by atoms with Crippen LogP contribution in [-0.4, -0.2) is 10.4 Å². The first-order valence-electron chi connectivity index (χ1n) is 9.45. The number of hydrogen-bond donors (Lipinski definition) is 1. The molecule has 0 radical (unpaired) electrons. The molecule has 0 saturated heterocycles. The minimum absolute atomic E-state index is 0.340. The third kappa shape index (κ3) is 4.57. The molecule has 1 fully saturated rings. The highest BCUT2D eigenvalue weighted by atomic mass is 35.5. The summed E-state index contributed by atoms with van der Waals surface area (Å²) in [5, 5.41) is 12.2. The molecule has 1 unspecified atom stereocenters. The molecule has 0 amide bonds. The molecule has 0 heterocycles. The Kier molecular flexibility index (Phi) is 5.87. The molecule has 1 nitrogen and oxygen atoms in total. The van der Waals surface area contributed by atoms with Crippen molar-refractivity contribution in [3.05, 3.63) is 89.4 Å². The second-order valence-electron chi connectivity index (χ2n) is 7.20. The first-order chi connectivity index (χ1) is 13.2. The van der Waals surface area contributed by atoms with Crippen LogP contribution in [0.1, 0.15) is 30.9 Å². The van der Waals surface area contributed by atoms with E-state index < -0.39 is 0 Å². The fraction of sp³-hybridized carbons (Fsp3) is 0.250. The first kappa shape index (κ1) is 18.6. The van der Waals surface area contributed by atoms with Crippen molar-refractivity contribution in [1.29, 1.82) is 0 Å². The molecule has 0 aromatic heterocycles. The minimum atomic E-state index is -0.384. The fourth-order valence-electron chi connectivity index (χ4n) is 3.85. The summed E-state index contributed by atoms with van der Waals surface area (Å²) in [6.45, 7) is 0. The van der Waals surface area contributed by atoms with Crippen LogP contribution in [0.2, 0.25) is 5.02 Å². The van der Waals surface area contributed by atoms with Gasteiger partial charge in [0.2, 0.25) is 0 Å². The van der Waals surface area contributed by atoms with Crippen LogP contribution in [0.4, 0.5) is 0 Å². The van der Waals surface area contributed by atoms with Gasteiger partial charge in [-0.1, -0.05) is 66.2 Å². The van der Waals surface area contributed by atoms with Crippen LogP contribution < -0.4 is 0 Å². The van der Waals surface area contributed by atoms with Crippen LogP contribution in [0.15, 0.2) is 83.8 Å². The molecule has 0 bridgehead atoms. The number of aliphatic hydroxyl groups is 1. The first-order valence-corrected chi connectivity index (χ1v) is 10.7. The van der Waals surface area contributed by atoms with Crippen molar-refractivity contribution in [1.82, 2.24) is 0 Å². The Bertz CT molecular complexity index is 861. The van der Waals surface area contributed by atoms with E-state index in [2.05, 4.69) is 54.6 Å². The van der Waals surface area contributed by atoms with Gasteiger partial charge in [0, 0.05) is 15.2 Å². The highest BCUT2D eigenvalue weighted by Crippen LogP contribution is 2.43. The Morgan fingerprint density at radius 2 is 1.44 bits per heavy atom. The highest BCUT2D eigenvalue weighted by molar-refractivity contribution is 8.00. The van der Waals surface area contributed by atoms with Gasteiger partial charge in [0.1, 0.15) is 0 Å². The summed E-state index contributed by atoms with van der Waals surface area (Å²) in [4.78, 5) is 1.32. The predicted octanol–water partition coefficient (Wildman–Crippen LogP) is 7.00. The van der Waals surface area contributed by atoms with Gasteiger partial charge in [-0.05, 0) is 66.1 Å². The summed E-state index contributed by atoms with van der Waals surface area (Å²) >= 11 is 7.91. The fourth-order valence-corrected chi connectivity index (χ4v) is 5.27. The normalized spacial score (nSPS) is 20.5. The van der Waals surface area contributed by atoms with Crippen molar-refractivity contribution < 1.29 is 5.11 Å². The zero-order valence-electron chi connectivity index (χ0n) is 15.1. The Balaban J connectivity index is 1.39. The van der Waals surface area contributed by atoms with E-state index in [1.165, 1.54) is 11.3 Å². The van der Waals surface area contributed by atoms with Gasteiger partial charge in [0.15, 0.2) is 0 Å². The van der Waals surface area contributed by atoms with E-state index in [9.17, 15) is 5.11 Å². The van der Waals surface area contributed by atoms with Gasteiger partial charge in [-0.15, -0.1) is 11.8 Å². The minimum Gasteiger partial charge on any atom is -0.388 e. The summed E-state index contributed by atoms with van der Waals surface area (Å²) in [7, 11) is 0. The largest absolute Gasteiger partial charge is 0.388 e. The summed E-state index contributed by atoms with van der Waals surface area (Å²) < 4.78 is 0. The average molecular weight is 395 g/mol. The number of thioether (sulfide) groups is 1. The maximum absolute atomic E-state index is 10.9. The molecule has 0 spiro atoms. The van der Waals surface area contributed by atoms with Gasteiger partial charge in [-0.2, -0.15) is 0 Å². The van der Waals surface area contributed by atoms with Crippen LogP contribution in [0.5, 0.6) is 0 Å². The van der Waals surface area contributed by atoms with Crippen molar-refractivity contribution in [2.24, 2.45) is 5.92 Å². The van der Waals surface area contributed by atoms with E-state index >= 15 is 0 Å². The Hall–Kier alpha value is -1.74. The van der Waals surface area contributed by atoms with E-state index in [0.29, 0.717) is 11.2 Å². The Labute approximate surface area is 170 Å². The van der Waals surface area contributed by atoms with Gasteiger partial charge in [0.05, 0.1) is 6.10 Å². The lowest BCUT2D eigenvalue weighted by atomic mass is 9.93. The Morgan fingerprint density at radius 1 is 0.815 bits per heavy atom. The summed E-state index contributed by atoms with van der Waals surface area (Å²) in [6.07, 6.45) is 2.94. The van der Waals surface area contributed by atoms with Gasteiger partial charge in [-0.25, -0.2) is 0 Å². The molecule has 1 saturated carbocycles. The van der Waals surface area contributed by atoms with Gasteiger partial charge in [0.25, 0.3) is 0 Å². The second-order valence-corrected chi connectivity index (χ2v) is 9.01.